The molecule has 160 valence electrons. The number of halogens is 3. The summed E-state index contributed by atoms with van der Waals surface area (Å²) in [6.07, 6.45) is -1.93. The smallest absolute Gasteiger partial charge is 0.194 e. The number of aryl methyl sites for hydroxylation is 1. The number of aliphatic hydroxyl groups is 3. The number of hydrogen-bond donors (Lipinski definition) is 3. The summed E-state index contributed by atoms with van der Waals surface area (Å²) in [5, 5.41) is 42.8. The van der Waals surface area contributed by atoms with Crippen molar-refractivity contribution in [2.24, 2.45) is 7.05 Å². The number of ether oxygens (including phenoxy) is 1. The molecule has 1 fully saturated rings. The molecular weight excluding hydrogens is 407 g/mol. The fraction of sp³-hybridized carbons (Fsp3) is 0.389. The summed E-state index contributed by atoms with van der Waals surface area (Å²) in [5.74, 6) is -4.38. The molecule has 0 amide bonds. The van der Waals surface area contributed by atoms with Crippen molar-refractivity contribution in [2.75, 3.05) is 6.61 Å². The summed E-state index contributed by atoms with van der Waals surface area (Å²) >= 11 is 0. The van der Waals surface area contributed by atoms with Crippen molar-refractivity contribution in [2.45, 2.75) is 30.5 Å². The third-order valence-corrected chi connectivity index (χ3v) is 5.14. The molecule has 3 heterocycles. The third kappa shape index (κ3) is 3.37. The van der Waals surface area contributed by atoms with E-state index in [2.05, 4.69) is 15.4 Å². The first-order valence-corrected chi connectivity index (χ1v) is 8.99. The van der Waals surface area contributed by atoms with E-state index in [0.717, 1.165) is 16.8 Å². The van der Waals surface area contributed by atoms with Crippen LogP contribution >= 0.6 is 0 Å². The lowest BCUT2D eigenvalue weighted by Gasteiger charge is -2.42. The molecule has 1 aliphatic heterocycles. The average molecular weight is 425 g/mol. The van der Waals surface area contributed by atoms with Crippen molar-refractivity contribution >= 4 is 0 Å². The van der Waals surface area contributed by atoms with Crippen LogP contribution in [0.3, 0.4) is 0 Å². The van der Waals surface area contributed by atoms with Gasteiger partial charge in [0, 0.05) is 18.8 Å². The molecule has 0 bridgehead atoms. The van der Waals surface area contributed by atoms with Crippen LogP contribution in [-0.2, 0) is 11.8 Å². The van der Waals surface area contributed by atoms with Crippen molar-refractivity contribution in [3.8, 4) is 11.3 Å². The molecule has 12 heteroatoms. The normalized spacial score (nSPS) is 26.8. The van der Waals surface area contributed by atoms with Gasteiger partial charge in [-0.3, -0.25) is 4.68 Å². The van der Waals surface area contributed by atoms with Crippen molar-refractivity contribution in [1.29, 1.82) is 0 Å². The van der Waals surface area contributed by atoms with Crippen LogP contribution in [-0.4, -0.2) is 65.0 Å². The van der Waals surface area contributed by atoms with Crippen LogP contribution in [0, 0.1) is 17.5 Å². The molecule has 1 aromatic carbocycles. The van der Waals surface area contributed by atoms with Gasteiger partial charge in [0.2, 0.25) is 0 Å². The monoisotopic (exact) mass is 425 g/mol. The molecule has 0 spiro atoms. The minimum Gasteiger partial charge on any atom is -0.394 e. The zero-order valence-electron chi connectivity index (χ0n) is 15.6. The minimum atomic E-state index is -1.61. The second kappa shape index (κ2) is 7.80. The van der Waals surface area contributed by atoms with Gasteiger partial charge < -0.3 is 20.1 Å². The Hall–Kier alpha value is -2.80. The van der Waals surface area contributed by atoms with Crippen LogP contribution in [0.25, 0.3) is 11.3 Å². The Morgan fingerprint density at radius 2 is 1.83 bits per heavy atom. The Morgan fingerprint density at radius 3 is 2.43 bits per heavy atom. The predicted molar refractivity (Wildman–Crippen MR) is 94.3 cm³/mol. The lowest BCUT2D eigenvalue weighted by atomic mass is 9.91. The average Bonchev–Trinajstić information content (AvgIpc) is 3.36. The molecule has 1 aliphatic rings. The van der Waals surface area contributed by atoms with E-state index in [1.165, 1.54) is 17.1 Å². The van der Waals surface area contributed by atoms with Crippen molar-refractivity contribution in [3.63, 3.8) is 0 Å². The van der Waals surface area contributed by atoms with E-state index in [0.29, 0.717) is 5.69 Å². The zero-order valence-corrected chi connectivity index (χ0v) is 15.6. The van der Waals surface area contributed by atoms with E-state index in [1.807, 2.05) is 0 Å². The molecule has 2 aromatic heterocycles. The quantitative estimate of drug-likeness (QED) is 0.521. The van der Waals surface area contributed by atoms with E-state index >= 15 is 0 Å². The van der Waals surface area contributed by atoms with Gasteiger partial charge in [0.05, 0.1) is 18.5 Å². The highest BCUT2D eigenvalue weighted by Crippen LogP contribution is 2.38. The summed E-state index contributed by atoms with van der Waals surface area (Å²) in [7, 11) is 1.64. The fourth-order valence-electron chi connectivity index (χ4n) is 3.58. The van der Waals surface area contributed by atoms with Crippen molar-refractivity contribution in [3.05, 3.63) is 53.7 Å². The van der Waals surface area contributed by atoms with Gasteiger partial charge in [-0.15, -0.1) is 5.10 Å². The van der Waals surface area contributed by atoms with E-state index in [-0.39, 0.29) is 11.3 Å². The maximum absolute atomic E-state index is 13.6. The highest BCUT2D eigenvalue weighted by Gasteiger charge is 2.47. The van der Waals surface area contributed by atoms with Gasteiger partial charge >= 0.3 is 0 Å². The number of aliphatic hydroxyl groups excluding tert-OH is 3. The summed E-state index contributed by atoms with van der Waals surface area (Å²) < 4.78 is 48.6. The molecule has 5 unspecified atom stereocenters. The molecule has 9 nitrogen and oxygen atoms in total. The van der Waals surface area contributed by atoms with Gasteiger partial charge in [-0.25, -0.2) is 17.9 Å². The van der Waals surface area contributed by atoms with Gasteiger partial charge in [0.15, 0.2) is 17.5 Å². The summed E-state index contributed by atoms with van der Waals surface area (Å²) in [5.41, 5.74) is 0.424. The van der Waals surface area contributed by atoms with Crippen LogP contribution in [0.2, 0.25) is 0 Å². The molecule has 1 saturated heterocycles. The topological polar surface area (TPSA) is 118 Å². The Labute approximate surface area is 167 Å². The summed E-state index contributed by atoms with van der Waals surface area (Å²) in [4.78, 5) is 0. The Kier molecular flexibility index (Phi) is 5.32. The lowest BCUT2D eigenvalue weighted by molar-refractivity contribution is -0.209. The van der Waals surface area contributed by atoms with Gasteiger partial charge in [0.1, 0.15) is 36.2 Å². The van der Waals surface area contributed by atoms with Gasteiger partial charge in [-0.1, -0.05) is 5.21 Å². The summed E-state index contributed by atoms with van der Waals surface area (Å²) in [6, 6.07) is 2.04. The predicted octanol–water partition coefficient (Wildman–Crippen LogP) is 0.491. The van der Waals surface area contributed by atoms with E-state index in [4.69, 9.17) is 4.74 Å². The van der Waals surface area contributed by atoms with E-state index < -0.39 is 54.5 Å². The van der Waals surface area contributed by atoms with Crippen LogP contribution in [0.4, 0.5) is 13.2 Å². The number of aromatic nitrogens is 5. The van der Waals surface area contributed by atoms with Gasteiger partial charge in [-0.05, 0) is 18.2 Å². The SMILES string of the molecule is Cn1nccc1C1OC(CO)C(O)C(n2cc(-c3cc(F)c(F)c(F)c3)nn2)C1O. The van der Waals surface area contributed by atoms with Gasteiger partial charge in [0.25, 0.3) is 0 Å². The Bertz CT molecular complexity index is 1040. The first-order valence-electron chi connectivity index (χ1n) is 8.99. The van der Waals surface area contributed by atoms with Crippen LogP contribution in [0.1, 0.15) is 17.8 Å². The molecule has 30 heavy (non-hydrogen) atoms. The molecule has 0 saturated carbocycles. The van der Waals surface area contributed by atoms with Crippen molar-refractivity contribution < 1.29 is 33.2 Å². The highest BCUT2D eigenvalue weighted by molar-refractivity contribution is 5.57. The lowest BCUT2D eigenvalue weighted by Crippen LogP contribution is -2.53. The standard InChI is InChI=1S/C18H18F3N5O4/c1-25-12(2-3-22-25)18-17(29)15(16(28)13(7-27)30-18)26-6-11(23-24-26)8-4-9(19)14(21)10(20)5-8/h2-6,13,15-18,27-29H,7H2,1H3. The molecular formula is C18H18F3N5O4. The summed E-state index contributed by atoms with van der Waals surface area (Å²) in [6.45, 7) is -0.533. The number of hydrogen-bond acceptors (Lipinski definition) is 7. The molecule has 4 rings (SSSR count). The molecule has 0 radical (unpaired) electrons. The van der Waals surface area contributed by atoms with Crippen LogP contribution < -0.4 is 0 Å². The van der Waals surface area contributed by atoms with Crippen LogP contribution in [0.5, 0.6) is 0 Å². The second-order valence-corrected chi connectivity index (χ2v) is 6.97. The van der Waals surface area contributed by atoms with Crippen LogP contribution in [0.15, 0.2) is 30.6 Å². The molecule has 5 atom stereocenters. The number of rotatable bonds is 4. The number of nitrogens with zero attached hydrogens (tertiary/aromatic N) is 5. The van der Waals surface area contributed by atoms with Crippen molar-refractivity contribution in [1.82, 2.24) is 24.8 Å². The van der Waals surface area contributed by atoms with E-state index in [1.54, 1.807) is 13.1 Å². The molecule has 0 aliphatic carbocycles. The van der Waals surface area contributed by atoms with E-state index in [9.17, 15) is 28.5 Å². The Morgan fingerprint density at radius 1 is 1.13 bits per heavy atom. The third-order valence-electron chi connectivity index (χ3n) is 5.14. The Balaban J connectivity index is 1.70. The van der Waals surface area contributed by atoms with Gasteiger partial charge in [-0.2, -0.15) is 5.10 Å². The first kappa shape index (κ1) is 20.5. The second-order valence-electron chi connectivity index (χ2n) is 6.97. The maximum Gasteiger partial charge on any atom is 0.194 e. The fourth-order valence-corrected chi connectivity index (χ4v) is 3.58. The zero-order chi connectivity index (χ0) is 21.6. The number of benzene rings is 1. The molecule has 3 N–H and O–H groups in total. The highest BCUT2D eigenvalue weighted by atomic mass is 19.2. The minimum absolute atomic E-state index is 0.00340. The maximum atomic E-state index is 13.6. The first-order chi connectivity index (χ1) is 14.3. The largest absolute Gasteiger partial charge is 0.394 e. The molecule has 3 aromatic rings.